The molecule has 31 heavy (non-hydrogen) atoms. The van der Waals surface area contributed by atoms with Gasteiger partial charge in [0.1, 0.15) is 5.82 Å². The second-order valence-corrected chi connectivity index (χ2v) is 9.38. The lowest BCUT2D eigenvalue weighted by atomic mass is 9.84. The van der Waals surface area contributed by atoms with Crippen LogP contribution in [0.4, 0.5) is 4.39 Å². The number of ether oxygens (including phenoxy) is 1. The molecule has 0 radical (unpaired) electrons. The van der Waals surface area contributed by atoms with E-state index in [0.29, 0.717) is 5.52 Å². The van der Waals surface area contributed by atoms with Gasteiger partial charge >= 0.3 is 0 Å². The first-order chi connectivity index (χ1) is 14.8. The first-order valence-corrected chi connectivity index (χ1v) is 11.2. The van der Waals surface area contributed by atoms with E-state index in [4.69, 9.17) is 4.74 Å². The highest BCUT2D eigenvalue weighted by atomic mass is 19.1. The van der Waals surface area contributed by atoms with E-state index in [9.17, 15) is 4.39 Å². The number of likely N-dealkylation sites (tertiary alicyclic amines) is 1. The summed E-state index contributed by atoms with van der Waals surface area (Å²) >= 11 is 0. The molecule has 4 rings (SSSR count). The first-order valence-electron chi connectivity index (χ1n) is 11.2. The van der Waals surface area contributed by atoms with Crippen molar-refractivity contribution in [3.8, 4) is 0 Å². The van der Waals surface area contributed by atoms with Crippen LogP contribution in [0.3, 0.4) is 0 Å². The van der Waals surface area contributed by atoms with Crippen molar-refractivity contribution in [3.05, 3.63) is 59.9 Å². The molecular formula is C25H33FN4O. The molecule has 1 aliphatic rings. The van der Waals surface area contributed by atoms with Crippen molar-refractivity contribution < 1.29 is 9.13 Å². The van der Waals surface area contributed by atoms with E-state index in [1.807, 2.05) is 25.5 Å². The number of halogens is 1. The number of imidazole rings is 1. The molecule has 3 heterocycles. The third-order valence-corrected chi connectivity index (χ3v) is 6.93. The molecule has 1 saturated heterocycles. The van der Waals surface area contributed by atoms with Gasteiger partial charge in [-0.05, 0) is 70.8 Å². The van der Waals surface area contributed by atoms with Gasteiger partial charge in [-0.1, -0.05) is 6.07 Å². The zero-order valence-corrected chi connectivity index (χ0v) is 19.1. The zero-order chi connectivity index (χ0) is 22.1. The molecule has 3 aromatic rings. The predicted octanol–water partition coefficient (Wildman–Crippen LogP) is 4.93. The molecule has 0 N–H and O–H groups in total. The molecule has 6 heteroatoms. The van der Waals surface area contributed by atoms with E-state index < -0.39 is 0 Å². The van der Waals surface area contributed by atoms with Crippen LogP contribution in [0.2, 0.25) is 0 Å². The number of pyridine rings is 1. The maximum atomic E-state index is 13.5. The molecular weight excluding hydrogens is 391 g/mol. The van der Waals surface area contributed by atoms with E-state index in [1.54, 1.807) is 0 Å². The summed E-state index contributed by atoms with van der Waals surface area (Å²) in [4.78, 5) is 11.5. The molecule has 1 atom stereocenters. The van der Waals surface area contributed by atoms with Gasteiger partial charge in [0.05, 0.1) is 24.0 Å². The summed E-state index contributed by atoms with van der Waals surface area (Å²) in [6.45, 7) is 13.0. The van der Waals surface area contributed by atoms with Crippen LogP contribution >= 0.6 is 0 Å². The third kappa shape index (κ3) is 4.51. The lowest BCUT2D eigenvalue weighted by molar-refractivity contribution is 0.0360. The van der Waals surface area contributed by atoms with E-state index in [-0.39, 0.29) is 16.8 Å². The molecule has 166 valence electrons. The van der Waals surface area contributed by atoms with Crippen molar-refractivity contribution >= 4 is 11.0 Å². The standard InChI is InChI=1S/C25H33FN4O/c1-5-31-17-25(10-12-29-18-28-22-14-21(26)8-9-23(22)29)11-13-30(16-25)24(3,4)20-7-6-19(2)27-15-20/h6-9,14-15,18H,5,10-13,16-17H2,1-4H3/t25-/m1/s1. The van der Waals surface area contributed by atoms with Crippen LogP contribution in [-0.2, 0) is 16.8 Å². The van der Waals surface area contributed by atoms with Gasteiger partial charge in [0.15, 0.2) is 0 Å². The fourth-order valence-electron chi connectivity index (χ4n) is 4.71. The Morgan fingerprint density at radius 3 is 2.77 bits per heavy atom. The molecule has 0 aliphatic carbocycles. The number of hydrogen-bond acceptors (Lipinski definition) is 4. The number of nitrogens with zero attached hydrogens (tertiary/aromatic N) is 4. The molecule has 1 aromatic carbocycles. The highest BCUT2D eigenvalue weighted by Crippen LogP contribution is 2.41. The van der Waals surface area contributed by atoms with Gasteiger partial charge in [-0.2, -0.15) is 0 Å². The molecule has 0 saturated carbocycles. The van der Waals surface area contributed by atoms with Gasteiger partial charge in [0, 0.05) is 48.6 Å². The summed E-state index contributed by atoms with van der Waals surface area (Å²) < 4.78 is 21.6. The number of benzene rings is 1. The topological polar surface area (TPSA) is 43.2 Å². The minimum atomic E-state index is -0.246. The molecule has 0 amide bonds. The maximum absolute atomic E-state index is 13.5. The van der Waals surface area contributed by atoms with Crippen molar-refractivity contribution in [2.45, 2.75) is 52.6 Å². The summed E-state index contributed by atoms with van der Waals surface area (Å²) in [7, 11) is 0. The van der Waals surface area contributed by atoms with Gasteiger partial charge in [-0.25, -0.2) is 9.37 Å². The summed E-state index contributed by atoms with van der Waals surface area (Å²) in [5.41, 5.74) is 3.97. The second kappa shape index (κ2) is 8.67. The smallest absolute Gasteiger partial charge is 0.125 e. The number of aromatic nitrogens is 3. The Morgan fingerprint density at radius 1 is 1.19 bits per heavy atom. The van der Waals surface area contributed by atoms with Gasteiger partial charge in [-0.3, -0.25) is 9.88 Å². The third-order valence-electron chi connectivity index (χ3n) is 6.93. The average Bonchev–Trinajstić information content (AvgIpc) is 3.36. The first kappa shape index (κ1) is 21.9. The average molecular weight is 425 g/mol. The predicted molar refractivity (Wildman–Crippen MR) is 121 cm³/mol. The van der Waals surface area contributed by atoms with Crippen molar-refractivity contribution in [3.63, 3.8) is 0 Å². The highest BCUT2D eigenvalue weighted by molar-refractivity contribution is 5.75. The Hall–Kier alpha value is -2.31. The van der Waals surface area contributed by atoms with Crippen LogP contribution in [0, 0.1) is 18.2 Å². The van der Waals surface area contributed by atoms with Crippen LogP contribution in [0.5, 0.6) is 0 Å². The normalized spacial score (nSPS) is 20.0. The number of hydrogen-bond donors (Lipinski definition) is 0. The minimum Gasteiger partial charge on any atom is -0.381 e. The molecule has 0 unspecified atom stereocenters. The quantitative estimate of drug-likeness (QED) is 0.514. The van der Waals surface area contributed by atoms with Crippen LogP contribution in [-0.4, -0.2) is 45.7 Å². The van der Waals surface area contributed by atoms with E-state index in [1.165, 1.54) is 17.7 Å². The summed E-state index contributed by atoms with van der Waals surface area (Å²) in [6.07, 6.45) is 5.92. The Balaban J connectivity index is 1.52. The Morgan fingerprint density at radius 2 is 2.03 bits per heavy atom. The Kier molecular flexibility index (Phi) is 6.13. The van der Waals surface area contributed by atoms with Gasteiger partial charge in [-0.15, -0.1) is 0 Å². The zero-order valence-electron chi connectivity index (χ0n) is 19.1. The summed E-state index contributed by atoms with van der Waals surface area (Å²) in [5, 5.41) is 0. The summed E-state index contributed by atoms with van der Waals surface area (Å²) in [5.74, 6) is -0.246. The number of fused-ring (bicyclic) bond motifs is 1. The fourth-order valence-corrected chi connectivity index (χ4v) is 4.71. The van der Waals surface area contributed by atoms with E-state index >= 15 is 0 Å². The largest absolute Gasteiger partial charge is 0.381 e. The summed E-state index contributed by atoms with van der Waals surface area (Å²) in [6, 6.07) is 9.11. The van der Waals surface area contributed by atoms with Crippen molar-refractivity contribution in [1.29, 1.82) is 0 Å². The Bertz CT molecular complexity index is 1030. The molecule has 1 fully saturated rings. The van der Waals surface area contributed by atoms with Crippen molar-refractivity contribution in [2.24, 2.45) is 5.41 Å². The van der Waals surface area contributed by atoms with E-state index in [2.05, 4.69) is 52.3 Å². The molecule has 0 bridgehead atoms. The SMILES string of the molecule is CCOC[C@]1(CCn2cnc3cc(F)ccc32)CCN(C(C)(C)c2ccc(C)nc2)C1. The molecule has 1 aliphatic heterocycles. The lowest BCUT2D eigenvalue weighted by Crippen LogP contribution is -2.42. The van der Waals surface area contributed by atoms with E-state index in [0.717, 1.165) is 56.9 Å². The molecule has 0 spiro atoms. The molecule has 5 nitrogen and oxygen atoms in total. The number of rotatable bonds is 8. The van der Waals surface area contributed by atoms with Gasteiger partial charge in [0.25, 0.3) is 0 Å². The van der Waals surface area contributed by atoms with Crippen molar-refractivity contribution in [1.82, 2.24) is 19.4 Å². The van der Waals surface area contributed by atoms with Crippen LogP contribution < -0.4 is 0 Å². The van der Waals surface area contributed by atoms with Crippen LogP contribution in [0.1, 0.15) is 44.9 Å². The highest BCUT2D eigenvalue weighted by Gasteiger charge is 2.43. The fraction of sp³-hybridized carbons (Fsp3) is 0.520. The lowest BCUT2D eigenvalue weighted by Gasteiger charge is -2.38. The van der Waals surface area contributed by atoms with Crippen LogP contribution in [0.25, 0.3) is 11.0 Å². The minimum absolute atomic E-state index is 0.0853. The molecule has 2 aromatic heterocycles. The Labute approximate surface area is 184 Å². The van der Waals surface area contributed by atoms with Gasteiger partial charge in [0.2, 0.25) is 0 Å². The van der Waals surface area contributed by atoms with Gasteiger partial charge < -0.3 is 9.30 Å². The second-order valence-electron chi connectivity index (χ2n) is 9.38. The van der Waals surface area contributed by atoms with Crippen LogP contribution in [0.15, 0.2) is 42.9 Å². The monoisotopic (exact) mass is 424 g/mol. The number of aryl methyl sites for hydroxylation is 2. The van der Waals surface area contributed by atoms with Crippen molar-refractivity contribution in [2.75, 3.05) is 26.3 Å². The maximum Gasteiger partial charge on any atom is 0.125 e.